The topological polar surface area (TPSA) is 51.2 Å². The first-order valence-corrected chi connectivity index (χ1v) is 10.5. The lowest BCUT2D eigenvalue weighted by atomic mass is 9.92. The van der Waals surface area contributed by atoms with Crippen molar-refractivity contribution in [1.29, 1.82) is 0 Å². The van der Waals surface area contributed by atoms with Crippen LogP contribution >= 0.6 is 0 Å². The number of piperidine rings is 1. The Balaban J connectivity index is 1.39. The zero-order valence-corrected chi connectivity index (χ0v) is 16.9. The number of likely N-dealkylation sites (tertiary alicyclic amines) is 1. The molecule has 0 aromatic heterocycles. The minimum atomic E-state index is 0.309. The number of carbonyl (C=O) groups is 1. The summed E-state index contributed by atoms with van der Waals surface area (Å²) in [5, 5.41) is 3.51. The van der Waals surface area contributed by atoms with Crippen molar-refractivity contribution in [2.75, 3.05) is 59.4 Å². The SMILES string of the molecule is CN=C(NCCC1CC1)N1CCN(CC(=O)N2CC(C)CC(C)C2)CC1. The van der Waals surface area contributed by atoms with E-state index in [0.29, 0.717) is 24.3 Å². The van der Waals surface area contributed by atoms with Gasteiger partial charge in [0.1, 0.15) is 0 Å². The second kappa shape index (κ2) is 9.07. The Morgan fingerprint density at radius 1 is 1.04 bits per heavy atom. The van der Waals surface area contributed by atoms with Crippen molar-refractivity contribution < 1.29 is 4.79 Å². The van der Waals surface area contributed by atoms with Crippen LogP contribution in [0.4, 0.5) is 0 Å². The lowest BCUT2D eigenvalue weighted by molar-refractivity contribution is -0.135. The molecule has 0 aromatic carbocycles. The van der Waals surface area contributed by atoms with E-state index in [1.807, 2.05) is 7.05 Å². The molecular formula is C20H37N5O. The Morgan fingerprint density at radius 3 is 2.27 bits per heavy atom. The van der Waals surface area contributed by atoms with Crippen LogP contribution in [-0.2, 0) is 4.79 Å². The molecule has 0 spiro atoms. The number of hydrogen-bond acceptors (Lipinski definition) is 3. The van der Waals surface area contributed by atoms with Crippen molar-refractivity contribution in [2.24, 2.45) is 22.7 Å². The Labute approximate surface area is 159 Å². The fraction of sp³-hybridized carbons (Fsp3) is 0.900. The third-order valence-corrected chi connectivity index (χ3v) is 6.00. The van der Waals surface area contributed by atoms with E-state index in [1.165, 1.54) is 25.7 Å². The van der Waals surface area contributed by atoms with Gasteiger partial charge in [0.2, 0.25) is 5.91 Å². The summed E-state index contributed by atoms with van der Waals surface area (Å²) < 4.78 is 0. The standard InChI is InChI=1S/C20H37N5O/c1-16-12-17(2)14-25(13-16)19(26)15-23-8-10-24(11-9-23)20(21-3)22-7-6-18-4-5-18/h16-18H,4-15H2,1-3H3,(H,21,22). The van der Waals surface area contributed by atoms with Crippen LogP contribution < -0.4 is 5.32 Å². The van der Waals surface area contributed by atoms with Crippen molar-refractivity contribution in [3.63, 3.8) is 0 Å². The molecule has 1 amide bonds. The Bertz CT molecular complexity index is 486. The lowest BCUT2D eigenvalue weighted by Gasteiger charge is -2.39. The second-order valence-electron chi connectivity index (χ2n) is 8.71. The van der Waals surface area contributed by atoms with Gasteiger partial charge < -0.3 is 15.1 Å². The summed E-state index contributed by atoms with van der Waals surface area (Å²) in [4.78, 5) is 23.8. The quantitative estimate of drug-likeness (QED) is 0.594. The molecule has 2 heterocycles. The molecule has 3 rings (SSSR count). The van der Waals surface area contributed by atoms with Crippen LogP contribution in [0.3, 0.4) is 0 Å². The van der Waals surface area contributed by atoms with E-state index in [1.54, 1.807) is 0 Å². The highest BCUT2D eigenvalue weighted by Gasteiger charge is 2.28. The predicted octanol–water partition coefficient (Wildman–Crippen LogP) is 1.48. The van der Waals surface area contributed by atoms with Gasteiger partial charge in [-0.1, -0.05) is 26.7 Å². The van der Waals surface area contributed by atoms with Crippen LogP contribution in [0.15, 0.2) is 4.99 Å². The molecule has 6 nitrogen and oxygen atoms in total. The summed E-state index contributed by atoms with van der Waals surface area (Å²) in [7, 11) is 1.87. The average molecular weight is 364 g/mol. The molecule has 2 aliphatic heterocycles. The van der Waals surface area contributed by atoms with Crippen LogP contribution in [-0.4, -0.2) is 86.0 Å². The number of carbonyl (C=O) groups excluding carboxylic acids is 1. The Kier molecular flexibility index (Phi) is 6.79. The number of nitrogens with one attached hydrogen (secondary N) is 1. The lowest BCUT2D eigenvalue weighted by Crippen LogP contribution is -2.55. The van der Waals surface area contributed by atoms with Crippen LogP contribution in [0.25, 0.3) is 0 Å². The van der Waals surface area contributed by atoms with Crippen molar-refractivity contribution in [2.45, 2.75) is 39.5 Å². The maximum atomic E-state index is 12.7. The molecule has 1 N–H and O–H groups in total. The van der Waals surface area contributed by atoms with Gasteiger partial charge in [-0.05, 0) is 30.6 Å². The number of amides is 1. The van der Waals surface area contributed by atoms with Gasteiger partial charge in [-0.25, -0.2) is 0 Å². The van der Waals surface area contributed by atoms with Crippen LogP contribution in [0.5, 0.6) is 0 Å². The van der Waals surface area contributed by atoms with Crippen molar-refractivity contribution >= 4 is 11.9 Å². The highest BCUT2D eigenvalue weighted by molar-refractivity contribution is 5.80. The molecule has 1 aliphatic carbocycles. The van der Waals surface area contributed by atoms with Gasteiger partial charge in [-0.3, -0.25) is 14.7 Å². The van der Waals surface area contributed by atoms with E-state index >= 15 is 0 Å². The van der Waals surface area contributed by atoms with Crippen molar-refractivity contribution in [3.8, 4) is 0 Å². The highest BCUT2D eigenvalue weighted by Crippen LogP contribution is 2.31. The molecule has 3 fully saturated rings. The van der Waals surface area contributed by atoms with Crippen molar-refractivity contribution in [1.82, 2.24) is 20.0 Å². The number of guanidine groups is 1. The van der Waals surface area contributed by atoms with E-state index in [2.05, 4.69) is 38.9 Å². The van der Waals surface area contributed by atoms with E-state index in [4.69, 9.17) is 0 Å². The summed E-state index contributed by atoms with van der Waals surface area (Å²) in [5.74, 6) is 3.54. The smallest absolute Gasteiger partial charge is 0.236 e. The number of rotatable bonds is 5. The minimum absolute atomic E-state index is 0.309. The summed E-state index contributed by atoms with van der Waals surface area (Å²) in [6.45, 7) is 11.8. The largest absolute Gasteiger partial charge is 0.356 e. The molecular weight excluding hydrogens is 326 g/mol. The molecule has 3 aliphatic rings. The second-order valence-corrected chi connectivity index (χ2v) is 8.71. The van der Waals surface area contributed by atoms with E-state index in [-0.39, 0.29) is 0 Å². The maximum absolute atomic E-state index is 12.7. The molecule has 2 atom stereocenters. The third-order valence-electron chi connectivity index (χ3n) is 6.00. The number of aliphatic imine (C=N–C) groups is 1. The van der Waals surface area contributed by atoms with Crippen LogP contribution in [0, 0.1) is 17.8 Å². The molecule has 0 bridgehead atoms. The summed E-state index contributed by atoms with van der Waals surface area (Å²) in [6, 6.07) is 0. The fourth-order valence-electron chi connectivity index (χ4n) is 4.40. The summed E-state index contributed by atoms with van der Waals surface area (Å²) >= 11 is 0. The Morgan fingerprint density at radius 2 is 1.69 bits per heavy atom. The molecule has 0 radical (unpaired) electrons. The molecule has 1 saturated carbocycles. The number of nitrogens with zero attached hydrogens (tertiary/aromatic N) is 4. The first-order valence-electron chi connectivity index (χ1n) is 10.5. The highest BCUT2D eigenvalue weighted by atomic mass is 16.2. The van der Waals surface area contributed by atoms with E-state index in [9.17, 15) is 4.79 Å². The summed E-state index contributed by atoms with van der Waals surface area (Å²) in [5.41, 5.74) is 0. The van der Waals surface area contributed by atoms with E-state index in [0.717, 1.165) is 57.7 Å². The Hall–Kier alpha value is -1.30. The van der Waals surface area contributed by atoms with Gasteiger partial charge in [0.05, 0.1) is 6.54 Å². The summed E-state index contributed by atoms with van der Waals surface area (Å²) in [6.07, 6.45) is 5.32. The zero-order valence-electron chi connectivity index (χ0n) is 16.9. The van der Waals surface area contributed by atoms with Crippen molar-refractivity contribution in [3.05, 3.63) is 0 Å². The predicted molar refractivity (Wildman–Crippen MR) is 106 cm³/mol. The normalized spacial score (nSPS) is 28.3. The number of hydrogen-bond donors (Lipinski definition) is 1. The molecule has 26 heavy (non-hydrogen) atoms. The molecule has 2 unspecified atom stereocenters. The molecule has 2 saturated heterocycles. The van der Waals surface area contributed by atoms with Crippen LogP contribution in [0.1, 0.15) is 39.5 Å². The average Bonchev–Trinajstić information content (AvgIpc) is 3.43. The molecule has 0 aromatic rings. The molecule has 6 heteroatoms. The van der Waals surface area contributed by atoms with Gasteiger partial charge in [-0.15, -0.1) is 0 Å². The van der Waals surface area contributed by atoms with Gasteiger partial charge in [0, 0.05) is 52.9 Å². The third kappa shape index (κ3) is 5.60. The first kappa shape index (κ1) is 19.5. The monoisotopic (exact) mass is 363 g/mol. The zero-order chi connectivity index (χ0) is 18.5. The van der Waals surface area contributed by atoms with Gasteiger partial charge >= 0.3 is 0 Å². The minimum Gasteiger partial charge on any atom is -0.356 e. The first-order chi connectivity index (χ1) is 12.5. The fourth-order valence-corrected chi connectivity index (χ4v) is 4.40. The molecule has 148 valence electrons. The van der Waals surface area contributed by atoms with E-state index < -0.39 is 0 Å². The van der Waals surface area contributed by atoms with Gasteiger partial charge in [0.15, 0.2) is 5.96 Å². The number of piperazine rings is 1. The van der Waals surface area contributed by atoms with Gasteiger partial charge in [0.25, 0.3) is 0 Å². The maximum Gasteiger partial charge on any atom is 0.236 e. The van der Waals surface area contributed by atoms with Gasteiger partial charge in [-0.2, -0.15) is 0 Å². The van der Waals surface area contributed by atoms with Crippen LogP contribution in [0.2, 0.25) is 0 Å².